The van der Waals surface area contributed by atoms with Gasteiger partial charge >= 0.3 is 5.97 Å². The molecule has 0 aliphatic heterocycles. The predicted octanol–water partition coefficient (Wildman–Crippen LogP) is 3.75. The summed E-state index contributed by atoms with van der Waals surface area (Å²) in [6, 6.07) is 13.3. The smallest absolute Gasteiger partial charge is 0.338 e. The van der Waals surface area contributed by atoms with Crippen LogP contribution in [0, 0.1) is 0 Å². The van der Waals surface area contributed by atoms with Gasteiger partial charge in [-0.1, -0.05) is 42.5 Å². The quantitative estimate of drug-likeness (QED) is 0.304. The zero-order valence-electron chi connectivity index (χ0n) is 15.9. The molecule has 29 heavy (non-hydrogen) atoms. The van der Waals surface area contributed by atoms with Crippen LogP contribution in [0.1, 0.15) is 23.0 Å². The second-order valence-corrected chi connectivity index (χ2v) is 6.37. The van der Waals surface area contributed by atoms with Crippen LogP contribution < -0.4 is 5.43 Å². The maximum atomic E-state index is 12.1. The summed E-state index contributed by atoms with van der Waals surface area (Å²) in [5.74, 6) is -0.361. The molecule has 0 radical (unpaired) electrons. The molecule has 2 heterocycles. The number of ether oxygens (including phenoxy) is 1. The molecule has 6 heteroatoms. The number of aromatic nitrogens is 2. The first kappa shape index (κ1) is 18.5. The number of hydrogen-bond donors (Lipinski definition) is 1. The molecule has 0 amide bonds. The van der Waals surface area contributed by atoms with E-state index >= 15 is 0 Å². The second kappa shape index (κ2) is 8.42. The Morgan fingerprint density at radius 1 is 1.34 bits per heavy atom. The number of hydrogen-bond acceptors (Lipinski definition) is 5. The molecule has 1 aliphatic carbocycles. The molecule has 1 aromatic carbocycles. The predicted molar refractivity (Wildman–Crippen MR) is 113 cm³/mol. The number of carbonyl (C=O) groups excluding carboxylic acids is 1. The van der Waals surface area contributed by atoms with Gasteiger partial charge < -0.3 is 4.74 Å². The highest BCUT2D eigenvalue weighted by Crippen LogP contribution is 2.24. The number of imidazole rings is 1. The number of allylic oxidation sites excluding steroid dienone is 1. The summed E-state index contributed by atoms with van der Waals surface area (Å²) in [5.41, 5.74) is 9.80. The number of esters is 1. The van der Waals surface area contributed by atoms with Crippen LogP contribution in [0.15, 0.2) is 83.8 Å². The van der Waals surface area contributed by atoms with Gasteiger partial charge in [-0.25, -0.2) is 9.78 Å². The molecule has 1 N–H and O–H groups in total. The Kier molecular flexibility index (Phi) is 5.36. The van der Waals surface area contributed by atoms with Gasteiger partial charge in [0.15, 0.2) is 0 Å². The summed E-state index contributed by atoms with van der Waals surface area (Å²) < 4.78 is 7.01. The van der Waals surface area contributed by atoms with Crippen molar-refractivity contribution in [1.29, 1.82) is 0 Å². The third kappa shape index (κ3) is 4.03. The molecule has 0 bridgehead atoms. The standard InChI is InChI=1S/C23H20N4O2/c1-2-29-23(28)18-13-14-27-20(16-24-26-19-11-7-4-8-12-19)22(25-21(27)15-18)17-9-5-3-6-10-17/h3-7,9-16,19,26H,2H2,1H3/b24-16+. The van der Waals surface area contributed by atoms with E-state index in [2.05, 4.69) is 16.3 Å². The number of hydrazone groups is 1. The maximum Gasteiger partial charge on any atom is 0.338 e. The number of benzene rings is 1. The van der Waals surface area contributed by atoms with E-state index < -0.39 is 0 Å². The highest BCUT2D eigenvalue weighted by molar-refractivity contribution is 5.92. The number of fused-ring (bicyclic) bond motifs is 1. The zero-order valence-corrected chi connectivity index (χ0v) is 15.9. The van der Waals surface area contributed by atoms with Crippen LogP contribution in [0.3, 0.4) is 0 Å². The minimum atomic E-state index is -0.361. The van der Waals surface area contributed by atoms with Gasteiger partial charge in [-0.2, -0.15) is 5.10 Å². The van der Waals surface area contributed by atoms with Crippen molar-refractivity contribution in [3.63, 3.8) is 0 Å². The lowest BCUT2D eigenvalue weighted by Gasteiger charge is -2.07. The lowest BCUT2D eigenvalue weighted by Crippen LogP contribution is -2.20. The van der Waals surface area contributed by atoms with Gasteiger partial charge in [0.2, 0.25) is 0 Å². The third-order valence-corrected chi connectivity index (χ3v) is 4.42. The molecular weight excluding hydrogens is 364 g/mol. The monoisotopic (exact) mass is 384 g/mol. The maximum absolute atomic E-state index is 12.1. The Morgan fingerprint density at radius 2 is 2.21 bits per heavy atom. The first-order chi connectivity index (χ1) is 14.3. The van der Waals surface area contributed by atoms with Crippen molar-refractivity contribution in [3.05, 3.63) is 90.0 Å². The normalized spacial score (nSPS) is 15.3. The zero-order chi connectivity index (χ0) is 20.1. The van der Waals surface area contributed by atoms with Crippen molar-refractivity contribution in [3.8, 4) is 11.3 Å². The molecule has 0 spiro atoms. The average molecular weight is 384 g/mol. The molecule has 1 atom stereocenters. The van der Waals surface area contributed by atoms with Crippen molar-refractivity contribution in [2.24, 2.45) is 5.10 Å². The van der Waals surface area contributed by atoms with Gasteiger partial charge in [0.05, 0.1) is 35.8 Å². The van der Waals surface area contributed by atoms with Crippen LogP contribution in [0.5, 0.6) is 0 Å². The van der Waals surface area contributed by atoms with E-state index in [9.17, 15) is 4.79 Å². The number of nitrogens with zero attached hydrogens (tertiary/aromatic N) is 3. The molecule has 3 aromatic rings. The Morgan fingerprint density at radius 3 is 2.97 bits per heavy atom. The molecular formula is C23H20N4O2. The van der Waals surface area contributed by atoms with E-state index in [1.165, 1.54) is 0 Å². The van der Waals surface area contributed by atoms with Gasteiger partial charge in [0.25, 0.3) is 0 Å². The van der Waals surface area contributed by atoms with E-state index in [0.717, 1.165) is 17.0 Å². The second-order valence-electron chi connectivity index (χ2n) is 6.37. The van der Waals surface area contributed by atoms with Crippen LogP contribution in [0.25, 0.3) is 16.9 Å². The fourth-order valence-corrected chi connectivity index (χ4v) is 3.05. The van der Waals surface area contributed by atoms with Crippen LogP contribution in [-0.4, -0.2) is 34.2 Å². The lowest BCUT2D eigenvalue weighted by molar-refractivity contribution is 0.0526. The first-order valence-electron chi connectivity index (χ1n) is 9.39. The highest BCUT2D eigenvalue weighted by Gasteiger charge is 2.15. The molecule has 144 valence electrons. The van der Waals surface area contributed by atoms with E-state index in [0.29, 0.717) is 17.8 Å². The molecule has 0 fully saturated rings. The Balaban J connectivity index is 1.74. The minimum absolute atomic E-state index is 0.00831. The summed E-state index contributed by atoms with van der Waals surface area (Å²) in [7, 11) is 0. The average Bonchev–Trinajstić information content (AvgIpc) is 3.13. The fourth-order valence-electron chi connectivity index (χ4n) is 3.05. The van der Waals surface area contributed by atoms with Crippen LogP contribution in [0.4, 0.5) is 0 Å². The van der Waals surface area contributed by atoms with Crippen molar-refractivity contribution in [2.75, 3.05) is 6.61 Å². The van der Waals surface area contributed by atoms with Crippen LogP contribution in [0.2, 0.25) is 0 Å². The number of carbonyl (C=O) groups is 1. The van der Waals surface area contributed by atoms with Gasteiger partial charge in [-0.15, -0.1) is 5.73 Å². The number of nitrogens with one attached hydrogen (secondary N) is 1. The SMILES string of the molecule is CCOC(=O)c1ccn2c(/C=N/NC3C=C=CC=C3)c(-c3ccccc3)nc2c1. The van der Waals surface area contributed by atoms with Gasteiger partial charge in [-0.3, -0.25) is 9.83 Å². The first-order valence-corrected chi connectivity index (χ1v) is 9.39. The molecule has 1 aliphatic rings. The van der Waals surface area contributed by atoms with Gasteiger partial charge in [0, 0.05) is 11.8 Å². The van der Waals surface area contributed by atoms with Crippen LogP contribution >= 0.6 is 0 Å². The number of rotatable bonds is 6. The summed E-state index contributed by atoms with van der Waals surface area (Å²) >= 11 is 0. The summed E-state index contributed by atoms with van der Waals surface area (Å²) in [6.45, 7) is 2.12. The Hall–Kier alpha value is -3.89. The summed E-state index contributed by atoms with van der Waals surface area (Å²) in [4.78, 5) is 16.8. The number of pyridine rings is 1. The van der Waals surface area contributed by atoms with Gasteiger partial charge in [0.1, 0.15) is 5.65 Å². The minimum Gasteiger partial charge on any atom is -0.462 e. The van der Waals surface area contributed by atoms with E-state index in [1.807, 2.05) is 65.2 Å². The molecule has 0 saturated heterocycles. The van der Waals surface area contributed by atoms with Crippen molar-refractivity contribution >= 4 is 17.8 Å². The largest absolute Gasteiger partial charge is 0.462 e. The van der Waals surface area contributed by atoms with Crippen molar-refractivity contribution in [2.45, 2.75) is 13.0 Å². The van der Waals surface area contributed by atoms with Crippen molar-refractivity contribution in [1.82, 2.24) is 14.8 Å². The van der Waals surface area contributed by atoms with E-state index in [4.69, 9.17) is 9.72 Å². The topological polar surface area (TPSA) is 68.0 Å². The van der Waals surface area contributed by atoms with E-state index in [-0.39, 0.29) is 12.0 Å². The highest BCUT2D eigenvalue weighted by atomic mass is 16.5. The fraction of sp³-hybridized carbons (Fsp3) is 0.130. The molecule has 2 aromatic heterocycles. The van der Waals surface area contributed by atoms with Crippen molar-refractivity contribution < 1.29 is 9.53 Å². The molecule has 0 saturated carbocycles. The third-order valence-electron chi connectivity index (χ3n) is 4.42. The summed E-state index contributed by atoms with van der Waals surface area (Å²) in [6.07, 6.45) is 11.2. The summed E-state index contributed by atoms with van der Waals surface area (Å²) in [5, 5.41) is 4.40. The van der Waals surface area contributed by atoms with Crippen LogP contribution in [-0.2, 0) is 4.74 Å². The molecule has 4 rings (SSSR count). The molecule has 6 nitrogen and oxygen atoms in total. The Bertz CT molecular complexity index is 1150. The Labute approximate surface area is 168 Å². The molecule has 1 unspecified atom stereocenters. The lowest BCUT2D eigenvalue weighted by atomic mass is 10.1. The van der Waals surface area contributed by atoms with E-state index in [1.54, 1.807) is 25.3 Å². The van der Waals surface area contributed by atoms with Gasteiger partial charge in [-0.05, 0) is 31.2 Å².